The Morgan fingerprint density at radius 3 is 2.62 bits per heavy atom. The summed E-state index contributed by atoms with van der Waals surface area (Å²) in [5.41, 5.74) is 0. The van der Waals surface area contributed by atoms with Crippen LogP contribution in [-0.4, -0.2) is 54.6 Å². The minimum absolute atomic E-state index is 0.211. The minimum atomic E-state index is -0.516. The molecule has 0 saturated carbocycles. The van der Waals surface area contributed by atoms with Crippen LogP contribution < -0.4 is 4.74 Å². The maximum atomic E-state index is 10.1. The van der Waals surface area contributed by atoms with Crippen LogP contribution in [0, 0.1) is 0 Å². The third-order valence-electron chi connectivity index (χ3n) is 3.29. The van der Waals surface area contributed by atoms with Gasteiger partial charge in [-0.25, -0.2) is 0 Å². The average Bonchev–Trinajstić information content (AvgIpc) is 2.36. The Bertz CT molecular complexity index is 462. The molecule has 1 heterocycles. The zero-order valence-electron chi connectivity index (χ0n) is 12.3. The van der Waals surface area contributed by atoms with E-state index in [1.807, 2.05) is 18.2 Å². The summed E-state index contributed by atoms with van der Waals surface area (Å²) in [5, 5.41) is 10.1. The molecule has 3 atom stereocenters. The molecule has 1 saturated heterocycles. The van der Waals surface area contributed by atoms with Gasteiger partial charge in [0.15, 0.2) is 0 Å². The highest BCUT2D eigenvalue weighted by Crippen LogP contribution is 2.28. The molecule has 3 unspecified atom stereocenters. The lowest BCUT2D eigenvalue weighted by Crippen LogP contribution is -2.48. The van der Waals surface area contributed by atoms with Gasteiger partial charge in [0.1, 0.15) is 18.5 Å². The summed E-state index contributed by atoms with van der Waals surface area (Å²) in [6, 6.07) is 5.71. The van der Waals surface area contributed by atoms with Crippen LogP contribution >= 0.6 is 31.9 Å². The van der Waals surface area contributed by atoms with Crippen LogP contribution in [-0.2, 0) is 4.74 Å². The minimum Gasteiger partial charge on any atom is -0.490 e. The predicted octanol–water partition coefficient (Wildman–Crippen LogP) is 3.06. The first-order chi connectivity index (χ1) is 9.94. The summed E-state index contributed by atoms with van der Waals surface area (Å²) >= 11 is 6.85. The highest BCUT2D eigenvalue weighted by atomic mass is 79.9. The molecular weight excluding hydrogens is 402 g/mol. The van der Waals surface area contributed by atoms with Crippen LogP contribution in [0.2, 0.25) is 0 Å². The standard InChI is InChI=1S/C15H21Br2NO3/c1-10-6-18(7-11(2)21-10)8-13(19)9-20-15-4-3-12(16)5-14(15)17/h3-5,10-11,13,19H,6-9H2,1-2H3. The molecule has 0 bridgehead atoms. The van der Waals surface area contributed by atoms with E-state index in [9.17, 15) is 5.11 Å². The first-order valence-electron chi connectivity index (χ1n) is 7.07. The van der Waals surface area contributed by atoms with Gasteiger partial charge >= 0.3 is 0 Å². The third-order valence-corrected chi connectivity index (χ3v) is 4.40. The Morgan fingerprint density at radius 1 is 1.33 bits per heavy atom. The van der Waals surface area contributed by atoms with Crippen LogP contribution in [0.25, 0.3) is 0 Å². The summed E-state index contributed by atoms with van der Waals surface area (Å²) in [4.78, 5) is 2.23. The Kier molecular flexibility index (Phi) is 6.50. The number of halogens is 2. The van der Waals surface area contributed by atoms with E-state index in [0.717, 1.165) is 27.8 Å². The van der Waals surface area contributed by atoms with Crippen molar-refractivity contribution >= 4 is 31.9 Å². The van der Waals surface area contributed by atoms with Gasteiger partial charge in [-0.15, -0.1) is 0 Å². The number of β-amino-alcohol motifs (C(OH)–C–C–N with tert-alkyl or cyclic N) is 1. The number of morpholine rings is 1. The molecule has 0 aromatic heterocycles. The number of ether oxygens (including phenoxy) is 2. The summed E-state index contributed by atoms with van der Waals surface area (Å²) in [5.74, 6) is 0.737. The smallest absolute Gasteiger partial charge is 0.133 e. The molecule has 0 spiro atoms. The maximum Gasteiger partial charge on any atom is 0.133 e. The highest BCUT2D eigenvalue weighted by molar-refractivity contribution is 9.11. The van der Waals surface area contributed by atoms with Crippen molar-refractivity contribution in [1.29, 1.82) is 0 Å². The van der Waals surface area contributed by atoms with E-state index in [2.05, 4.69) is 50.6 Å². The van der Waals surface area contributed by atoms with Crippen molar-refractivity contribution in [2.75, 3.05) is 26.2 Å². The zero-order chi connectivity index (χ0) is 15.4. The van der Waals surface area contributed by atoms with Gasteiger partial charge in [0.05, 0.1) is 16.7 Å². The highest BCUT2D eigenvalue weighted by Gasteiger charge is 2.24. The topological polar surface area (TPSA) is 41.9 Å². The molecule has 0 aliphatic carbocycles. The van der Waals surface area contributed by atoms with Crippen molar-refractivity contribution in [1.82, 2.24) is 4.90 Å². The van der Waals surface area contributed by atoms with Crippen molar-refractivity contribution in [2.45, 2.75) is 32.2 Å². The Balaban J connectivity index is 1.80. The molecule has 0 amide bonds. The van der Waals surface area contributed by atoms with Gasteiger partial charge in [-0.1, -0.05) is 15.9 Å². The van der Waals surface area contributed by atoms with Gasteiger partial charge in [0.25, 0.3) is 0 Å². The fraction of sp³-hybridized carbons (Fsp3) is 0.600. The van der Waals surface area contributed by atoms with Gasteiger partial charge in [0, 0.05) is 24.1 Å². The number of aliphatic hydroxyl groups is 1. The van der Waals surface area contributed by atoms with Crippen molar-refractivity contribution in [2.24, 2.45) is 0 Å². The summed E-state index contributed by atoms with van der Waals surface area (Å²) in [6.07, 6.45) is -0.0944. The first-order valence-corrected chi connectivity index (χ1v) is 8.66. The average molecular weight is 423 g/mol. The van der Waals surface area contributed by atoms with Crippen LogP contribution in [0.1, 0.15) is 13.8 Å². The van der Waals surface area contributed by atoms with Crippen LogP contribution in [0.3, 0.4) is 0 Å². The first kappa shape index (κ1) is 17.2. The van der Waals surface area contributed by atoms with Crippen LogP contribution in [0.4, 0.5) is 0 Å². The summed E-state index contributed by atoms with van der Waals surface area (Å²) < 4.78 is 13.2. The normalized spacial score (nSPS) is 24.8. The van der Waals surface area contributed by atoms with Gasteiger partial charge in [-0.3, -0.25) is 4.90 Å². The Morgan fingerprint density at radius 2 is 2.00 bits per heavy atom. The van der Waals surface area contributed by atoms with E-state index < -0.39 is 6.10 Å². The van der Waals surface area contributed by atoms with Crippen LogP contribution in [0.15, 0.2) is 27.1 Å². The number of hydrogen-bond acceptors (Lipinski definition) is 4. The second kappa shape index (κ2) is 7.92. The number of rotatable bonds is 5. The second-order valence-corrected chi connectivity index (χ2v) is 7.29. The molecule has 21 heavy (non-hydrogen) atoms. The van der Waals surface area contributed by atoms with E-state index in [-0.39, 0.29) is 18.8 Å². The van der Waals surface area contributed by atoms with Crippen molar-refractivity contribution in [3.63, 3.8) is 0 Å². The molecular formula is C15H21Br2NO3. The Labute approximate surface area is 142 Å². The molecule has 1 aromatic rings. The fourth-order valence-corrected chi connectivity index (χ4v) is 3.72. The van der Waals surface area contributed by atoms with Gasteiger partial charge < -0.3 is 14.6 Å². The predicted molar refractivity (Wildman–Crippen MR) is 89.8 cm³/mol. The molecule has 1 aliphatic rings. The molecule has 118 valence electrons. The van der Waals surface area contributed by atoms with E-state index in [1.165, 1.54) is 0 Å². The van der Waals surface area contributed by atoms with E-state index in [4.69, 9.17) is 9.47 Å². The lowest BCUT2D eigenvalue weighted by molar-refractivity contribution is -0.0787. The van der Waals surface area contributed by atoms with E-state index >= 15 is 0 Å². The fourth-order valence-electron chi connectivity index (χ4n) is 2.56. The van der Waals surface area contributed by atoms with Gasteiger partial charge in [0.2, 0.25) is 0 Å². The quantitative estimate of drug-likeness (QED) is 0.791. The van der Waals surface area contributed by atoms with E-state index in [1.54, 1.807) is 0 Å². The van der Waals surface area contributed by atoms with Gasteiger partial charge in [-0.05, 0) is 48.0 Å². The number of benzene rings is 1. The molecule has 2 rings (SSSR count). The number of nitrogens with zero attached hydrogens (tertiary/aromatic N) is 1. The molecule has 0 radical (unpaired) electrons. The molecule has 1 aromatic carbocycles. The van der Waals surface area contributed by atoms with Crippen molar-refractivity contribution < 1.29 is 14.6 Å². The summed E-state index contributed by atoms with van der Waals surface area (Å²) in [6.45, 7) is 6.70. The third kappa shape index (κ3) is 5.53. The number of aliphatic hydroxyl groups excluding tert-OH is 1. The molecule has 1 fully saturated rings. The van der Waals surface area contributed by atoms with Gasteiger partial charge in [-0.2, -0.15) is 0 Å². The molecule has 1 N–H and O–H groups in total. The largest absolute Gasteiger partial charge is 0.490 e. The molecule has 1 aliphatic heterocycles. The SMILES string of the molecule is CC1CN(CC(O)COc2ccc(Br)cc2Br)CC(C)O1. The second-order valence-electron chi connectivity index (χ2n) is 5.52. The van der Waals surface area contributed by atoms with Crippen LogP contribution in [0.5, 0.6) is 5.75 Å². The van der Waals surface area contributed by atoms with Crippen molar-refractivity contribution in [3.05, 3.63) is 27.1 Å². The lowest BCUT2D eigenvalue weighted by Gasteiger charge is -2.36. The number of hydrogen-bond donors (Lipinski definition) is 1. The molecule has 6 heteroatoms. The Hall–Kier alpha value is -0.140. The van der Waals surface area contributed by atoms with E-state index in [0.29, 0.717) is 6.54 Å². The van der Waals surface area contributed by atoms with Crippen molar-refractivity contribution in [3.8, 4) is 5.75 Å². The zero-order valence-corrected chi connectivity index (χ0v) is 15.4. The monoisotopic (exact) mass is 421 g/mol. The lowest BCUT2D eigenvalue weighted by atomic mass is 10.2. The summed E-state index contributed by atoms with van der Waals surface area (Å²) in [7, 11) is 0. The molecule has 4 nitrogen and oxygen atoms in total. The maximum absolute atomic E-state index is 10.1.